The van der Waals surface area contributed by atoms with E-state index in [0.717, 1.165) is 29.7 Å². The highest BCUT2D eigenvalue weighted by Gasteiger charge is 2.48. The minimum Gasteiger partial charge on any atom is -0.512 e. The van der Waals surface area contributed by atoms with Gasteiger partial charge in [0, 0.05) is 36.3 Å². The molecule has 1 aromatic rings. The van der Waals surface area contributed by atoms with Gasteiger partial charge in [-0.1, -0.05) is 24.3 Å². The topological polar surface area (TPSA) is 63.6 Å². The minimum atomic E-state index is -0.394. The van der Waals surface area contributed by atoms with Gasteiger partial charge >= 0.3 is 0 Å². The van der Waals surface area contributed by atoms with Crippen molar-refractivity contribution >= 4 is 11.6 Å². The third-order valence-corrected chi connectivity index (χ3v) is 5.88. The number of benzene rings is 1. The highest BCUT2D eigenvalue weighted by molar-refractivity contribution is 6.00. The number of ether oxygens (including phenoxy) is 1. The van der Waals surface area contributed by atoms with Gasteiger partial charge in [-0.2, -0.15) is 0 Å². The maximum Gasteiger partial charge on any atom is 0.162 e. The summed E-state index contributed by atoms with van der Waals surface area (Å²) in [4.78, 5) is 25.5. The number of hydrogen-bond donors (Lipinski definition) is 1. The normalized spacial score (nSPS) is 28.2. The summed E-state index contributed by atoms with van der Waals surface area (Å²) in [5.74, 6) is 0.267. The number of rotatable bonds is 3. The molecule has 1 fully saturated rings. The number of para-hydroxylation sites is 1. The molecule has 3 aliphatic rings. The van der Waals surface area contributed by atoms with E-state index in [4.69, 9.17) is 4.74 Å². The SMILES string of the molecule is C=CCc1cccc2c1O[C@H]1CCCC(=O)[C@@H]1[C@@H]2C1=C(O)CCCC1=O. The number of Topliss-reactive ketones (excluding diaryl/α,β-unsaturated/α-hetero) is 2. The van der Waals surface area contributed by atoms with Gasteiger partial charge < -0.3 is 9.84 Å². The summed E-state index contributed by atoms with van der Waals surface area (Å²) in [6.07, 6.45) is 6.01. The van der Waals surface area contributed by atoms with Gasteiger partial charge in [0.05, 0.1) is 11.7 Å². The van der Waals surface area contributed by atoms with E-state index in [9.17, 15) is 14.7 Å². The summed E-state index contributed by atoms with van der Waals surface area (Å²) < 4.78 is 6.30. The van der Waals surface area contributed by atoms with Crippen molar-refractivity contribution in [2.45, 2.75) is 57.0 Å². The Hall–Kier alpha value is -2.36. The smallest absolute Gasteiger partial charge is 0.162 e. The second kappa shape index (κ2) is 6.75. The Bertz CT molecular complexity index is 804. The molecule has 0 spiro atoms. The fourth-order valence-corrected chi connectivity index (χ4v) is 4.75. The lowest BCUT2D eigenvalue weighted by atomic mass is 9.67. The fourth-order valence-electron chi connectivity index (χ4n) is 4.75. The van der Waals surface area contributed by atoms with Crippen molar-refractivity contribution < 1.29 is 19.4 Å². The van der Waals surface area contributed by atoms with Gasteiger partial charge in [-0.3, -0.25) is 9.59 Å². The van der Waals surface area contributed by atoms with Crippen LogP contribution in [0, 0.1) is 5.92 Å². The number of fused-ring (bicyclic) bond motifs is 2. The van der Waals surface area contributed by atoms with Crippen molar-refractivity contribution in [1.29, 1.82) is 0 Å². The number of carbonyl (C=O) groups is 2. The zero-order chi connectivity index (χ0) is 18.3. The second-order valence-corrected chi connectivity index (χ2v) is 7.48. The van der Waals surface area contributed by atoms with Gasteiger partial charge in [-0.15, -0.1) is 6.58 Å². The molecule has 3 atom stereocenters. The van der Waals surface area contributed by atoms with Crippen LogP contribution < -0.4 is 4.74 Å². The summed E-state index contributed by atoms with van der Waals surface area (Å²) in [6, 6.07) is 5.87. The maximum absolute atomic E-state index is 12.8. The molecule has 1 heterocycles. The molecule has 0 bridgehead atoms. The Morgan fingerprint density at radius 3 is 2.81 bits per heavy atom. The quantitative estimate of drug-likeness (QED) is 0.828. The Morgan fingerprint density at radius 2 is 2.04 bits per heavy atom. The molecule has 0 radical (unpaired) electrons. The fraction of sp³-hybridized carbons (Fsp3) is 0.455. The molecule has 1 N–H and O–H groups in total. The van der Waals surface area contributed by atoms with Crippen LogP contribution in [0.25, 0.3) is 0 Å². The molecule has 2 aliphatic carbocycles. The van der Waals surface area contributed by atoms with E-state index in [1.807, 2.05) is 24.3 Å². The van der Waals surface area contributed by atoms with E-state index in [-0.39, 0.29) is 29.3 Å². The van der Waals surface area contributed by atoms with Gasteiger partial charge in [0.25, 0.3) is 0 Å². The van der Waals surface area contributed by atoms with E-state index in [2.05, 4.69) is 6.58 Å². The van der Waals surface area contributed by atoms with Crippen LogP contribution in [0.3, 0.4) is 0 Å². The zero-order valence-corrected chi connectivity index (χ0v) is 14.9. The Balaban J connectivity index is 1.92. The summed E-state index contributed by atoms with van der Waals surface area (Å²) >= 11 is 0. The highest BCUT2D eigenvalue weighted by atomic mass is 16.5. The molecular weight excluding hydrogens is 328 g/mol. The lowest BCUT2D eigenvalue weighted by Gasteiger charge is -2.43. The average Bonchev–Trinajstić information content (AvgIpc) is 2.62. The lowest BCUT2D eigenvalue weighted by Crippen LogP contribution is -2.45. The third-order valence-electron chi connectivity index (χ3n) is 5.88. The minimum absolute atomic E-state index is 0.0298. The van der Waals surface area contributed by atoms with Crippen LogP contribution in [0.5, 0.6) is 5.75 Å². The first-order valence-electron chi connectivity index (χ1n) is 9.49. The van der Waals surface area contributed by atoms with Crippen LogP contribution in [-0.2, 0) is 16.0 Å². The van der Waals surface area contributed by atoms with Gasteiger partial charge in [0.2, 0.25) is 0 Å². The van der Waals surface area contributed by atoms with E-state index in [1.165, 1.54) is 0 Å². The maximum atomic E-state index is 12.8. The van der Waals surface area contributed by atoms with E-state index < -0.39 is 5.92 Å². The van der Waals surface area contributed by atoms with Crippen molar-refractivity contribution in [3.63, 3.8) is 0 Å². The first-order chi connectivity index (χ1) is 12.6. The largest absolute Gasteiger partial charge is 0.512 e. The molecular formula is C22H24O4. The standard InChI is InChI=1S/C22H24O4/c1-2-6-13-7-3-8-14-19(20-15(23)9-4-10-16(20)24)21-17(25)11-5-12-18(21)26-22(13)14/h2-3,7-8,18-19,21,23H,1,4-6,9-12H2/t18-,19-,21-/m0/s1. The van der Waals surface area contributed by atoms with Gasteiger partial charge in [-0.05, 0) is 31.2 Å². The van der Waals surface area contributed by atoms with Crippen molar-refractivity contribution in [3.05, 3.63) is 53.3 Å². The molecule has 4 nitrogen and oxygen atoms in total. The molecule has 0 unspecified atom stereocenters. The predicted octanol–water partition coefficient (Wildman–Crippen LogP) is 4.19. The molecule has 0 aromatic heterocycles. The van der Waals surface area contributed by atoms with E-state index in [0.29, 0.717) is 37.7 Å². The first kappa shape index (κ1) is 17.1. The number of allylic oxidation sites excluding steroid dienone is 3. The monoisotopic (exact) mass is 352 g/mol. The molecule has 26 heavy (non-hydrogen) atoms. The van der Waals surface area contributed by atoms with Crippen molar-refractivity contribution in [1.82, 2.24) is 0 Å². The molecule has 1 aromatic carbocycles. The number of aliphatic hydroxyl groups is 1. The third kappa shape index (κ3) is 2.68. The Morgan fingerprint density at radius 1 is 1.19 bits per heavy atom. The second-order valence-electron chi connectivity index (χ2n) is 7.48. The van der Waals surface area contributed by atoms with Gasteiger partial charge in [0.15, 0.2) is 5.78 Å². The summed E-state index contributed by atoms with van der Waals surface area (Å²) in [6.45, 7) is 3.82. The summed E-state index contributed by atoms with van der Waals surface area (Å²) in [7, 11) is 0. The van der Waals surface area contributed by atoms with Crippen LogP contribution in [0.2, 0.25) is 0 Å². The molecule has 4 heteroatoms. The van der Waals surface area contributed by atoms with Crippen LogP contribution >= 0.6 is 0 Å². The van der Waals surface area contributed by atoms with Crippen LogP contribution in [0.15, 0.2) is 42.2 Å². The van der Waals surface area contributed by atoms with Gasteiger partial charge in [-0.25, -0.2) is 0 Å². The molecule has 0 amide bonds. The summed E-state index contributed by atoms with van der Waals surface area (Å²) in [5.41, 5.74) is 2.32. The van der Waals surface area contributed by atoms with E-state index >= 15 is 0 Å². The highest BCUT2D eigenvalue weighted by Crippen LogP contribution is 2.50. The van der Waals surface area contributed by atoms with Gasteiger partial charge in [0.1, 0.15) is 17.6 Å². The van der Waals surface area contributed by atoms with Crippen molar-refractivity contribution in [2.24, 2.45) is 5.92 Å². The average molecular weight is 352 g/mol. The number of aliphatic hydroxyl groups excluding tert-OH is 1. The zero-order valence-electron chi connectivity index (χ0n) is 14.9. The summed E-state index contributed by atoms with van der Waals surface area (Å²) in [5, 5.41) is 10.6. The molecule has 136 valence electrons. The number of hydrogen-bond acceptors (Lipinski definition) is 4. The molecule has 1 saturated carbocycles. The Kier molecular flexibility index (Phi) is 4.43. The van der Waals surface area contributed by atoms with E-state index in [1.54, 1.807) is 0 Å². The van der Waals surface area contributed by atoms with Crippen molar-refractivity contribution in [3.8, 4) is 5.75 Å². The Labute approximate surface area is 153 Å². The molecule has 4 rings (SSSR count). The van der Waals surface area contributed by atoms with Crippen LogP contribution in [0.1, 0.15) is 55.6 Å². The predicted molar refractivity (Wildman–Crippen MR) is 98.4 cm³/mol. The first-order valence-corrected chi connectivity index (χ1v) is 9.49. The van der Waals surface area contributed by atoms with Crippen molar-refractivity contribution in [2.75, 3.05) is 0 Å². The molecule has 0 saturated heterocycles. The number of ketones is 2. The van der Waals surface area contributed by atoms with Crippen LogP contribution in [-0.4, -0.2) is 22.8 Å². The lowest BCUT2D eigenvalue weighted by molar-refractivity contribution is -0.130. The number of carbonyl (C=O) groups excluding carboxylic acids is 2. The van der Waals surface area contributed by atoms with Crippen LogP contribution in [0.4, 0.5) is 0 Å². The molecule has 1 aliphatic heterocycles.